The van der Waals surface area contributed by atoms with Crippen molar-refractivity contribution in [2.45, 2.75) is 51.2 Å². The Morgan fingerprint density at radius 3 is 2.65 bits per heavy atom. The summed E-state index contributed by atoms with van der Waals surface area (Å²) in [5.41, 5.74) is 7.27. The zero-order chi connectivity index (χ0) is 29.5. The van der Waals surface area contributed by atoms with Gasteiger partial charge in [-0.25, -0.2) is 14.2 Å². The highest BCUT2D eigenvalue weighted by molar-refractivity contribution is 5.89. The number of carbonyl (C=O) groups is 1. The van der Waals surface area contributed by atoms with Gasteiger partial charge in [-0.3, -0.25) is 4.90 Å². The number of aromatic carboxylic acids is 1. The first kappa shape index (κ1) is 27.1. The van der Waals surface area contributed by atoms with Crippen molar-refractivity contribution in [3.8, 4) is 22.6 Å². The first-order valence-corrected chi connectivity index (χ1v) is 14.8. The molecule has 9 nitrogen and oxygen atoms in total. The summed E-state index contributed by atoms with van der Waals surface area (Å²) < 4.78 is 9.60. The fourth-order valence-electron chi connectivity index (χ4n) is 6.06. The van der Waals surface area contributed by atoms with Crippen LogP contribution >= 0.6 is 0 Å². The Hall–Kier alpha value is -4.76. The Kier molecular flexibility index (Phi) is 7.02. The fourth-order valence-corrected chi connectivity index (χ4v) is 6.06. The predicted octanol–water partition coefficient (Wildman–Crippen LogP) is 6.08. The molecule has 1 aliphatic heterocycles. The molecule has 1 fully saturated rings. The Balaban J connectivity index is 1.15. The topological polar surface area (TPSA) is 98.3 Å². The fraction of sp³-hybridized carbons (Fsp3) is 0.294. The number of carboxylic acid groups (broad SMARTS) is 1. The molecular weight excluding hydrogens is 540 g/mol. The summed E-state index contributed by atoms with van der Waals surface area (Å²) in [4.78, 5) is 14.6. The third-order valence-corrected chi connectivity index (χ3v) is 8.40. The summed E-state index contributed by atoms with van der Waals surface area (Å²) in [5.74, 6) is 0.139. The Labute approximate surface area is 250 Å². The highest BCUT2D eigenvalue weighted by atomic mass is 16.5. The normalized spacial score (nSPS) is 18.2. The number of carboxylic acids is 1. The van der Waals surface area contributed by atoms with Gasteiger partial charge in [-0.15, -0.1) is 5.10 Å². The zero-order valence-electron chi connectivity index (χ0n) is 24.3. The Bertz CT molecular complexity index is 1790. The van der Waals surface area contributed by atoms with Crippen LogP contribution in [0.1, 0.15) is 71.0 Å². The molecule has 1 saturated carbocycles. The minimum absolute atomic E-state index is 0.0145. The molecule has 0 spiro atoms. The van der Waals surface area contributed by atoms with Crippen LogP contribution in [0.25, 0.3) is 16.8 Å². The van der Waals surface area contributed by atoms with Crippen LogP contribution in [0.2, 0.25) is 0 Å². The molecule has 5 aromatic rings. The summed E-state index contributed by atoms with van der Waals surface area (Å²) in [7, 11) is 0. The van der Waals surface area contributed by atoms with E-state index in [0.29, 0.717) is 12.3 Å². The molecule has 1 N–H and O–H groups in total. The minimum Gasteiger partial charge on any atom is -0.492 e. The van der Waals surface area contributed by atoms with Gasteiger partial charge in [-0.1, -0.05) is 53.7 Å². The maximum Gasteiger partial charge on any atom is 0.339 e. The highest BCUT2D eigenvalue weighted by Crippen LogP contribution is 2.55. The largest absolute Gasteiger partial charge is 0.492 e. The lowest BCUT2D eigenvalue weighted by Gasteiger charge is -2.20. The molecule has 0 amide bonds. The van der Waals surface area contributed by atoms with Crippen LogP contribution < -0.4 is 4.74 Å². The maximum absolute atomic E-state index is 12.2. The van der Waals surface area contributed by atoms with Crippen LogP contribution in [-0.2, 0) is 13.1 Å². The summed E-state index contributed by atoms with van der Waals surface area (Å²) >= 11 is 0. The van der Waals surface area contributed by atoms with Crippen molar-refractivity contribution in [3.05, 3.63) is 113 Å². The third-order valence-electron chi connectivity index (χ3n) is 8.40. The second-order valence-corrected chi connectivity index (χ2v) is 11.7. The number of fused-ring (bicyclic) bond motifs is 1. The first-order valence-electron chi connectivity index (χ1n) is 14.8. The van der Waals surface area contributed by atoms with Crippen molar-refractivity contribution >= 4 is 5.97 Å². The molecule has 2 aliphatic rings. The molecule has 0 bridgehead atoms. The van der Waals surface area contributed by atoms with Crippen LogP contribution in [0.3, 0.4) is 0 Å². The van der Waals surface area contributed by atoms with Crippen LogP contribution in [0.5, 0.6) is 5.75 Å². The molecule has 2 atom stereocenters. The number of hydrogen-bond donors (Lipinski definition) is 1. The van der Waals surface area contributed by atoms with Crippen molar-refractivity contribution in [1.29, 1.82) is 0 Å². The lowest BCUT2D eigenvalue weighted by Crippen LogP contribution is -2.25. The van der Waals surface area contributed by atoms with E-state index < -0.39 is 5.97 Å². The Morgan fingerprint density at radius 1 is 1.02 bits per heavy atom. The summed E-state index contributed by atoms with van der Waals surface area (Å²) in [5, 5.41) is 23.2. The van der Waals surface area contributed by atoms with E-state index in [-0.39, 0.29) is 23.4 Å². The van der Waals surface area contributed by atoms with Gasteiger partial charge in [0, 0.05) is 49.3 Å². The van der Waals surface area contributed by atoms with Crippen molar-refractivity contribution < 1.29 is 14.6 Å². The van der Waals surface area contributed by atoms with Gasteiger partial charge in [0.05, 0.1) is 23.3 Å². The molecule has 0 saturated heterocycles. The summed E-state index contributed by atoms with van der Waals surface area (Å²) in [6.07, 6.45) is 4.26. The number of hydrogen-bond acceptors (Lipinski definition) is 6. The van der Waals surface area contributed by atoms with Crippen LogP contribution in [0.15, 0.2) is 85.2 Å². The maximum atomic E-state index is 12.2. The summed E-state index contributed by atoms with van der Waals surface area (Å²) in [6.45, 7) is 7.32. The molecule has 218 valence electrons. The first-order chi connectivity index (χ1) is 20.9. The quantitative estimate of drug-likeness (QED) is 0.240. The van der Waals surface area contributed by atoms with Crippen LogP contribution in [-0.4, -0.2) is 53.9 Å². The van der Waals surface area contributed by atoms with E-state index in [2.05, 4.69) is 82.7 Å². The SMILES string of the molecule is CC(C)n1cc([C@H]2CC2c2c(C(=O)O)cnn2-c2cccc(-c3cccc(CN4CCOc5ccccc5C4)c3)c2)nn1. The van der Waals surface area contributed by atoms with Crippen molar-refractivity contribution in [1.82, 2.24) is 29.7 Å². The molecule has 1 unspecified atom stereocenters. The average molecular weight is 575 g/mol. The second-order valence-electron chi connectivity index (χ2n) is 11.7. The van der Waals surface area contributed by atoms with E-state index in [4.69, 9.17) is 4.74 Å². The van der Waals surface area contributed by atoms with E-state index in [0.717, 1.165) is 54.3 Å². The molecule has 3 heterocycles. The standard InChI is InChI=1S/C34H34N6O3/c1-22(2)39-21-31(36-37-39)28-17-29(28)33-30(34(41)42)18-35-40(33)27-11-6-10-25(16-27)24-9-5-7-23(15-24)19-38-13-14-43-32-12-4-3-8-26(32)20-38/h3-12,15-16,18,21-22,28-29H,13-14,17,19-20H2,1-2H3,(H,41,42)/t28-,29?/m0/s1. The highest BCUT2D eigenvalue weighted by Gasteiger charge is 2.46. The van der Waals surface area contributed by atoms with Gasteiger partial charge in [0.1, 0.15) is 17.9 Å². The molecular formula is C34H34N6O3. The molecule has 7 rings (SSSR count). The number of rotatable bonds is 8. The summed E-state index contributed by atoms with van der Waals surface area (Å²) in [6, 6.07) is 25.2. The van der Waals surface area contributed by atoms with Gasteiger partial charge in [-0.2, -0.15) is 5.10 Å². The van der Waals surface area contributed by atoms with Crippen LogP contribution in [0, 0.1) is 0 Å². The van der Waals surface area contributed by atoms with E-state index >= 15 is 0 Å². The van der Waals surface area contributed by atoms with E-state index in [1.807, 2.05) is 35.1 Å². The number of benzene rings is 3. The smallest absolute Gasteiger partial charge is 0.339 e. The molecule has 3 aromatic carbocycles. The number of para-hydroxylation sites is 1. The second kappa shape index (κ2) is 11.1. The molecule has 0 radical (unpaired) electrons. The van der Waals surface area contributed by atoms with E-state index in [9.17, 15) is 9.90 Å². The molecule has 2 aromatic heterocycles. The van der Waals surface area contributed by atoms with Gasteiger partial charge in [0.15, 0.2) is 0 Å². The zero-order valence-corrected chi connectivity index (χ0v) is 24.3. The van der Waals surface area contributed by atoms with Crippen molar-refractivity contribution in [2.75, 3.05) is 13.2 Å². The lowest BCUT2D eigenvalue weighted by atomic mass is 10.0. The van der Waals surface area contributed by atoms with Gasteiger partial charge in [-0.05, 0) is 61.2 Å². The van der Waals surface area contributed by atoms with Gasteiger partial charge in [0.2, 0.25) is 0 Å². The average Bonchev–Trinajstić information content (AvgIpc) is 3.47. The van der Waals surface area contributed by atoms with Gasteiger partial charge < -0.3 is 9.84 Å². The van der Waals surface area contributed by atoms with Gasteiger partial charge in [0.25, 0.3) is 0 Å². The van der Waals surface area contributed by atoms with E-state index in [1.165, 1.54) is 17.3 Å². The van der Waals surface area contributed by atoms with Crippen molar-refractivity contribution in [3.63, 3.8) is 0 Å². The lowest BCUT2D eigenvalue weighted by molar-refractivity contribution is 0.0695. The number of aromatic nitrogens is 5. The third kappa shape index (κ3) is 5.44. The van der Waals surface area contributed by atoms with Crippen LogP contribution in [0.4, 0.5) is 0 Å². The predicted molar refractivity (Wildman–Crippen MR) is 163 cm³/mol. The molecule has 43 heavy (non-hydrogen) atoms. The monoisotopic (exact) mass is 574 g/mol. The minimum atomic E-state index is -0.969. The Morgan fingerprint density at radius 2 is 1.84 bits per heavy atom. The van der Waals surface area contributed by atoms with Crippen molar-refractivity contribution in [2.24, 2.45) is 0 Å². The molecule has 1 aliphatic carbocycles. The van der Waals surface area contributed by atoms with Gasteiger partial charge >= 0.3 is 5.97 Å². The number of ether oxygens (including phenoxy) is 1. The van der Waals surface area contributed by atoms with E-state index in [1.54, 1.807) is 4.68 Å². The molecule has 9 heteroatoms. The number of nitrogens with zero attached hydrogens (tertiary/aromatic N) is 6.